The Balaban J connectivity index is 1.88. The molecule has 158 valence electrons. The first kappa shape index (κ1) is 21.8. The molecule has 1 atom stereocenters. The van der Waals surface area contributed by atoms with Gasteiger partial charge in [-0.2, -0.15) is 18.3 Å². The molecule has 0 saturated carbocycles. The van der Waals surface area contributed by atoms with Gasteiger partial charge in [0.25, 0.3) is 5.91 Å². The maximum absolute atomic E-state index is 14.5. The van der Waals surface area contributed by atoms with E-state index >= 15 is 0 Å². The monoisotopic (exact) mass is 439 g/mol. The van der Waals surface area contributed by atoms with Gasteiger partial charge in [0.15, 0.2) is 0 Å². The lowest BCUT2D eigenvalue weighted by Gasteiger charge is -2.20. The largest absolute Gasteiger partial charge is 0.419 e. The minimum absolute atomic E-state index is 0.203. The van der Waals surface area contributed by atoms with Crippen molar-refractivity contribution in [1.82, 2.24) is 15.1 Å². The van der Waals surface area contributed by atoms with Gasteiger partial charge in [-0.3, -0.25) is 4.79 Å². The Morgan fingerprint density at radius 3 is 2.47 bits per heavy atom. The van der Waals surface area contributed by atoms with Crippen molar-refractivity contribution >= 4 is 17.5 Å². The summed E-state index contributed by atoms with van der Waals surface area (Å²) in [7, 11) is 0. The molecule has 0 fully saturated rings. The van der Waals surface area contributed by atoms with Crippen LogP contribution >= 0.6 is 11.6 Å². The van der Waals surface area contributed by atoms with Crippen LogP contribution in [0.4, 0.5) is 17.6 Å². The molecule has 30 heavy (non-hydrogen) atoms. The van der Waals surface area contributed by atoms with Crippen LogP contribution in [-0.2, 0) is 6.18 Å². The average molecular weight is 440 g/mol. The number of amides is 1. The average Bonchev–Trinajstić information content (AvgIpc) is 3.07. The van der Waals surface area contributed by atoms with E-state index in [0.29, 0.717) is 22.5 Å². The topological polar surface area (TPSA) is 46.9 Å². The maximum atomic E-state index is 14.5. The molecule has 3 aromatic rings. The number of hydrogen-bond donors (Lipinski definition) is 1. The molecule has 1 heterocycles. The molecule has 0 aliphatic heterocycles. The minimum atomic E-state index is -4.82. The zero-order valence-electron chi connectivity index (χ0n) is 16.1. The number of hydrogen-bond acceptors (Lipinski definition) is 2. The van der Waals surface area contributed by atoms with E-state index in [1.54, 1.807) is 38.1 Å². The lowest BCUT2D eigenvalue weighted by molar-refractivity contribution is -0.140. The van der Waals surface area contributed by atoms with Gasteiger partial charge < -0.3 is 5.32 Å². The van der Waals surface area contributed by atoms with Gasteiger partial charge in [-0.05, 0) is 43.7 Å². The lowest BCUT2D eigenvalue weighted by Crippen LogP contribution is -2.29. The Hall–Kier alpha value is -2.87. The second kappa shape index (κ2) is 8.47. The number of carbonyl (C=O) groups excluding carboxylic acids is 1. The third kappa shape index (κ3) is 4.33. The summed E-state index contributed by atoms with van der Waals surface area (Å²) in [5.41, 5.74) is -0.139. The maximum Gasteiger partial charge on any atom is 0.419 e. The van der Waals surface area contributed by atoms with Gasteiger partial charge in [-0.25, -0.2) is 9.07 Å². The van der Waals surface area contributed by atoms with Crippen molar-refractivity contribution in [2.45, 2.75) is 32.5 Å². The zero-order valence-corrected chi connectivity index (χ0v) is 16.9. The van der Waals surface area contributed by atoms with Crippen molar-refractivity contribution in [2.24, 2.45) is 0 Å². The zero-order chi connectivity index (χ0) is 22.1. The summed E-state index contributed by atoms with van der Waals surface area (Å²) in [6, 6.07) is 8.94. The van der Waals surface area contributed by atoms with Gasteiger partial charge in [0.05, 0.1) is 34.7 Å². The van der Waals surface area contributed by atoms with Crippen LogP contribution in [0.1, 0.15) is 46.6 Å². The fraction of sp³-hybridized carbons (Fsp3) is 0.238. The summed E-state index contributed by atoms with van der Waals surface area (Å²) >= 11 is 5.88. The summed E-state index contributed by atoms with van der Waals surface area (Å²) in [6.07, 6.45) is -3.26. The highest BCUT2D eigenvalue weighted by Gasteiger charge is 2.35. The van der Waals surface area contributed by atoms with E-state index in [1.807, 2.05) is 0 Å². The molecule has 3 rings (SSSR count). The molecule has 2 aromatic carbocycles. The molecule has 1 amide bonds. The smallest absolute Gasteiger partial charge is 0.345 e. The number of aromatic nitrogens is 2. The third-order valence-corrected chi connectivity index (χ3v) is 5.00. The van der Waals surface area contributed by atoms with Crippen LogP contribution in [0.5, 0.6) is 0 Å². The van der Waals surface area contributed by atoms with Gasteiger partial charge in [0.1, 0.15) is 5.82 Å². The number of carbonyl (C=O) groups is 1. The first-order valence-electron chi connectivity index (χ1n) is 9.10. The Morgan fingerprint density at radius 2 is 1.87 bits per heavy atom. The predicted molar refractivity (Wildman–Crippen MR) is 105 cm³/mol. The number of nitrogens with zero attached hydrogens (tertiary/aromatic N) is 2. The van der Waals surface area contributed by atoms with Gasteiger partial charge >= 0.3 is 6.18 Å². The van der Waals surface area contributed by atoms with Gasteiger partial charge in [0, 0.05) is 10.6 Å². The van der Waals surface area contributed by atoms with Crippen LogP contribution in [-0.4, -0.2) is 15.7 Å². The molecule has 0 spiro atoms. The molecule has 1 aromatic heterocycles. The first-order valence-corrected chi connectivity index (χ1v) is 9.48. The number of benzene rings is 2. The molecule has 0 bridgehead atoms. The Bertz CT molecular complexity index is 1060. The molecule has 0 aliphatic carbocycles. The van der Waals surface area contributed by atoms with Crippen LogP contribution < -0.4 is 5.32 Å². The Morgan fingerprint density at radius 1 is 1.20 bits per heavy atom. The van der Waals surface area contributed by atoms with Crippen molar-refractivity contribution in [3.8, 4) is 5.69 Å². The van der Waals surface area contributed by atoms with Crippen LogP contribution in [0.3, 0.4) is 0 Å². The summed E-state index contributed by atoms with van der Waals surface area (Å²) in [6.45, 7) is 3.33. The van der Waals surface area contributed by atoms with E-state index in [4.69, 9.17) is 11.6 Å². The molecule has 9 heteroatoms. The minimum Gasteiger partial charge on any atom is -0.345 e. The second-order valence-electron chi connectivity index (χ2n) is 6.67. The first-order chi connectivity index (χ1) is 14.1. The molecule has 1 N–H and O–H groups in total. The highest BCUT2D eigenvalue weighted by Crippen LogP contribution is 2.34. The fourth-order valence-corrected chi connectivity index (χ4v) is 3.27. The summed E-state index contributed by atoms with van der Waals surface area (Å²) in [5, 5.41) is 7.36. The van der Waals surface area contributed by atoms with Crippen molar-refractivity contribution in [1.29, 1.82) is 0 Å². The molecule has 4 nitrogen and oxygen atoms in total. The SMILES string of the molecule is CC[C@H](NC(=O)c1cnn(-c2ccc(Cl)cc2)c1C)c1cccc(C(F)(F)F)c1F. The number of nitrogens with one attached hydrogen (secondary N) is 1. The Kier molecular flexibility index (Phi) is 6.17. The summed E-state index contributed by atoms with van der Waals surface area (Å²) < 4.78 is 55.1. The number of rotatable bonds is 5. The van der Waals surface area contributed by atoms with E-state index in [9.17, 15) is 22.4 Å². The van der Waals surface area contributed by atoms with Gasteiger partial charge in [0.2, 0.25) is 0 Å². The summed E-state index contributed by atoms with van der Waals surface area (Å²) in [5.74, 6) is -1.94. The van der Waals surface area contributed by atoms with E-state index in [0.717, 1.165) is 6.07 Å². The molecule has 0 saturated heterocycles. The van der Waals surface area contributed by atoms with E-state index in [-0.39, 0.29) is 17.5 Å². The predicted octanol–water partition coefficient (Wildman–Crippen LogP) is 5.87. The quantitative estimate of drug-likeness (QED) is 0.505. The van der Waals surface area contributed by atoms with Gasteiger partial charge in [-0.15, -0.1) is 0 Å². The molecule has 0 radical (unpaired) electrons. The van der Waals surface area contributed by atoms with E-state index in [1.165, 1.54) is 16.9 Å². The Labute approximate surface area is 175 Å². The lowest BCUT2D eigenvalue weighted by atomic mass is 10.00. The third-order valence-electron chi connectivity index (χ3n) is 4.75. The van der Waals surface area contributed by atoms with Crippen molar-refractivity contribution in [3.63, 3.8) is 0 Å². The normalized spacial score (nSPS) is 12.6. The standard InChI is InChI=1S/C21H18ClF4N3O/c1-3-18(15-5-4-6-17(19(15)23)21(24,25)26)28-20(30)16-11-27-29(12(16)2)14-9-7-13(22)8-10-14/h4-11,18H,3H2,1-2H3,(H,28,30)/t18-/m0/s1. The van der Waals surface area contributed by atoms with Crippen molar-refractivity contribution < 1.29 is 22.4 Å². The number of halogens is 5. The van der Waals surface area contributed by atoms with E-state index < -0.39 is 29.5 Å². The molecule has 0 unspecified atom stereocenters. The van der Waals surface area contributed by atoms with Crippen molar-refractivity contribution in [3.05, 3.63) is 81.9 Å². The number of alkyl halides is 3. The van der Waals surface area contributed by atoms with Crippen LogP contribution in [0.25, 0.3) is 5.69 Å². The fourth-order valence-electron chi connectivity index (χ4n) is 3.15. The van der Waals surface area contributed by atoms with E-state index in [2.05, 4.69) is 10.4 Å². The van der Waals surface area contributed by atoms with Gasteiger partial charge in [-0.1, -0.05) is 30.7 Å². The molecular formula is C21H18ClF4N3O. The highest BCUT2D eigenvalue weighted by molar-refractivity contribution is 6.30. The van der Waals surface area contributed by atoms with Crippen LogP contribution in [0.15, 0.2) is 48.7 Å². The van der Waals surface area contributed by atoms with Crippen LogP contribution in [0.2, 0.25) is 5.02 Å². The molecular weight excluding hydrogens is 422 g/mol. The summed E-state index contributed by atoms with van der Waals surface area (Å²) in [4.78, 5) is 12.8. The van der Waals surface area contributed by atoms with Crippen molar-refractivity contribution in [2.75, 3.05) is 0 Å². The second-order valence-corrected chi connectivity index (χ2v) is 7.11. The molecule has 0 aliphatic rings. The van der Waals surface area contributed by atoms with Crippen LogP contribution in [0, 0.1) is 12.7 Å². The highest BCUT2D eigenvalue weighted by atomic mass is 35.5.